The maximum absolute atomic E-state index is 8.72. The fourth-order valence-electron chi connectivity index (χ4n) is 2.02. The Morgan fingerprint density at radius 2 is 2.05 bits per heavy atom. The predicted molar refractivity (Wildman–Crippen MR) is 77.0 cm³/mol. The molecule has 0 amide bonds. The molecule has 1 heterocycles. The van der Waals surface area contributed by atoms with Crippen LogP contribution in [-0.2, 0) is 6.61 Å². The molecule has 0 saturated heterocycles. The summed E-state index contributed by atoms with van der Waals surface area (Å²) in [7, 11) is 0. The van der Waals surface area contributed by atoms with E-state index in [4.69, 9.17) is 15.7 Å². The zero-order valence-corrected chi connectivity index (χ0v) is 11.5. The molecule has 0 atom stereocenters. The summed E-state index contributed by atoms with van der Waals surface area (Å²) in [5.74, 6) is 0.901. The van der Waals surface area contributed by atoms with Gasteiger partial charge >= 0.3 is 0 Å². The fraction of sp³-hybridized carbons (Fsp3) is 0.200. The van der Waals surface area contributed by atoms with Crippen molar-refractivity contribution in [3.05, 3.63) is 58.9 Å². The van der Waals surface area contributed by atoms with Crippen molar-refractivity contribution in [1.82, 2.24) is 4.98 Å². The molecule has 1 aromatic heterocycles. The number of aryl methyl sites for hydroxylation is 2. The summed E-state index contributed by atoms with van der Waals surface area (Å²) < 4.78 is 5.84. The maximum Gasteiger partial charge on any atom is 0.170 e. The first-order valence-electron chi connectivity index (χ1n) is 6.22. The van der Waals surface area contributed by atoms with E-state index >= 15 is 0 Å². The smallest absolute Gasteiger partial charge is 0.170 e. The molecule has 0 fully saturated rings. The number of rotatable bonds is 4. The lowest BCUT2D eigenvalue weighted by atomic mass is 10.1. The summed E-state index contributed by atoms with van der Waals surface area (Å²) in [6.07, 6.45) is 3.50. The number of aromatic nitrogens is 1. The fourth-order valence-corrected chi connectivity index (χ4v) is 2.02. The second-order valence-electron chi connectivity index (χ2n) is 4.57. The standard InChI is InChI=1S/C15H17N3O2/c1-10-6-13(15(16)18-19)7-11(2)14(10)20-9-12-4-3-5-17-8-12/h3-8,19H,9H2,1-2H3,(H2,16,18). The molecule has 2 aromatic rings. The Morgan fingerprint density at radius 1 is 1.35 bits per heavy atom. The van der Waals surface area contributed by atoms with Gasteiger partial charge in [0, 0.05) is 23.5 Å². The molecule has 0 bridgehead atoms. The first-order valence-corrected chi connectivity index (χ1v) is 6.22. The third-order valence-corrected chi connectivity index (χ3v) is 2.97. The molecule has 5 nitrogen and oxygen atoms in total. The normalized spacial score (nSPS) is 11.4. The molecule has 2 rings (SSSR count). The molecule has 5 heteroatoms. The zero-order valence-electron chi connectivity index (χ0n) is 11.5. The molecule has 20 heavy (non-hydrogen) atoms. The van der Waals surface area contributed by atoms with Gasteiger partial charge in [-0.2, -0.15) is 0 Å². The highest BCUT2D eigenvalue weighted by Crippen LogP contribution is 2.25. The van der Waals surface area contributed by atoms with Crippen LogP contribution in [0.25, 0.3) is 0 Å². The van der Waals surface area contributed by atoms with Crippen molar-refractivity contribution in [3.8, 4) is 5.75 Å². The molecule has 0 radical (unpaired) electrons. The highest BCUT2D eigenvalue weighted by Gasteiger charge is 2.09. The van der Waals surface area contributed by atoms with E-state index in [0.29, 0.717) is 12.2 Å². The number of hydrogen-bond donors (Lipinski definition) is 2. The second kappa shape index (κ2) is 6.06. The molecule has 104 valence electrons. The van der Waals surface area contributed by atoms with Crippen molar-refractivity contribution in [2.45, 2.75) is 20.5 Å². The zero-order chi connectivity index (χ0) is 14.5. The predicted octanol–water partition coefficient (Wildman–Crippen LogP) is 2.37. The number of ether oxygens (including phenoxy) is 1. The van der Waals surface area contributed by atoms with Crippen molar-refractivity contribution in [2.24, 2.45) is 10.9 Å². The number of nitrogens with two attached hydrogens (primary N) is 1. The summed E-state index contributed by atoms with van der Waals surface area (Å²) in [6, 6.07) is 7.50. The summed E-state index contributed by atoms with van der Waals surface area (Å²) in [4.78, 5) is 4.05. The van der Waals surface area contributed by atoms with Crippen LogP contribution in [0.1, 0.15) is 22.3 Å². The van der Waals surface area contributed by atoms with Crippen LogP contribution in [0.5, 0.6) is 5.75 Å². The molecule has 0 aliphatic carbocycles. The van der Waals surface area contributed by atoms with E-state index in [-0.39, 0.29) is 5.84 Å². The Labute approximate surface area is 117 Å². The molecular formula is C15H17N3O2. The Bertz CT molecular complexity index is 601. The van der Waals surface area contributed by atoms with E-state index in [1.807, 2.05) is 38.1 Å². The lowest BCUT2D eigenvalue weighted by Gasteiger charge is -2.13. The topological polar surface area (TPSA) is 80.7 Å². The van der Waals surface area contributed by atoms with Gasteiger partial charge in [-0.15, -0.1) is 0 Å². The minimum Gasteiger partial charge on any atom is -0.488 e. The van der Waals surface area contributed by atoms with Gasteiger partial charge in [0.05, 0.1) is 0 Å². The minimum atomic E-state index is 0.0926. The van der Waals surface area contributed by atoms with Crippen molar-refractivity contribution < 1.29 is 9.94 Å². The quantitative estimate of drug-likeness (QED) is 0.387. The van der Waals surface area contributed by atoms with Gasteiger partial charge in [0.1, 0.15) is 12.4 Å². The van der Waals surface area contributed by atoms with Crippen LogP contribution in [0.4, 0.5) is 0 Å². The number of oxime groups is 1. The van der Waals surface area contributed by atoms with Gasteiger partial charge in [0.2, 0.25) is 0 Å². The Balaban J connectivity index is 2.21. The molecule has 0 unspecified atom stereocenters. The Kier molecular flexibility index (Phi) is 4.20. The van der Waals surface area contributed by atoms with Gasteiger partial charge in [0.25, 0.3) is 0 Å². The third-order valence-electron chi connectivity index (χ3n) is 2.97. The van der Waals surface area contributed by atoms with E-state index in [9.17, 15) is 0 Å². The van der Waals surface area contributed by atoms with Gasteiger partial charge in [-0.3, -0.25) is 4.98 Å². The number of nitrogens with zero attached hydrogens (tertiary/aromatic N) is 2. The van der Waals surface area contributed by atoms with E-state index in [0.717, 1.165) is 22.4 Å². The van der Waals surface area contributed by atoms with E-state index < -0.39 is 0 Å². The average molecular weight is 271 g/mol. The molecule has 3 N–H and O–H groups in total. The van der Waals surface area contributed by atoms with Gasteiger partial charge in [-0.25, -0.2) is 0 Å². The molecule has 0 aliphatic heterocycles. The summed E-state index contributed by atoms with van der Waals surface area (Å²) in [6.45, 7) is 4.32. The van der Waals surface area contributed by atoms with Crippen LogP contribution < -0.4 is 10.5 Å². The summed E-state index contributed by atoms with van der Waals surface area (Å²) >= 11 is 0. The van der Waals surface area contributed by atoms with Crippen LogP contribution in [0.15, 0.2) is 41.8 Å². The largest absolute Gasteiger partial charge is 0.488 e. The first kappa shape index (κ1) is 13.9. The number of benzene rings is 1. The lowest BCUT2D eigenvalue weighted by Crippen LogP contribution is -2.14. The van der Waals surface area contributed by atoms with Crippen LogP contribution in [0, 0.1) is 13.8 Å². The molecule has 1 aromatic carbocycles. The van der Waals surface area contributed by atoms with Gasteiger partial charge in [0.15, 0.2) is 5.84 Å². The molecular weight excluding hydrogens is 254 g/mol. The number of amidine groups is 1. The summed E-state index contributed by atoms with van der Waals surface area (Å²) in [5, 5.41) is 11.7. The van der Waals surface area contributed by atoms with Crippen molar-refractivity contribution in [3.63, 3.8) is 0 Å². The maximum atomic E-state index is 8.72. The van der Waals surface area contributed by atoms with Crippen LogP contribution in [0.2, 0.25) is 0 Å². The summed E-state index contributed by atoms with van der Waals surface area (Å²) in [5.41, 5.74) is 9.16. The van der Waals surface area contributed by atoms with E-state index in [1.54, 1.807) is 12.4 Å². The number of hydrogen-bond acceptors (Lipinski definition) is 4. The monoisotopic (exact) mass is 271 g/mol. The highest BCUT2D eigenvalue weighted by molar-refractivity contribution is 5.97. The second-order valence-corrected chi connectivity index (χ2v) is 4.57. The number of pyridine rings is 1. The van der Waals surface area contributed by atoms with Crippen LogP contribution >= 0.6 is 0 Å². The molecule has 0 saturated carbocycles. The van der Waals surface area contributed by atoms with Crippen molar-refractivity contribution in [2.75, 3.05) is 0 Å². The van der Waals surface area contributed by atoms with Crippen LogP contribution in [0.3, 0.4) is 0 Å². The van der Waals surface area contributed by atoms with Gasteiger partial charge in [-0.1, -0.05) is 11.2 Å². The first-order chi connectivity index (χ1) is 9.61. The van der Waals surface area contributed by atoms with Crippen LogP contribution in [-0.4, -0.2) is 16.0 Å². The molecule has 0 aliphatic rings. The SMILES string of the molecule is Cc1cc(C(N)=NO)cc(C)c1OCc1cccnc1. The van der Waals surface area contributed by atoms with Crippen molar-refractivity contribution in [1.29, 1.82) is 0 Å². The van der Waals surface area contributed by atoms with E-state index in [1.165, 1.54) is 0 Å². The lowest BCUT2D eigenvalue weighted by molar-refractivity contribution is 0.301. The van der Waals surface area contributed by atoms with E-state index in [2.05, 4.69) is 10.1 Å². The van der Waals surface area contributed by atoms with Gasteiger partial charge in [-0.05, 0) is 43.2 Å². The average Bonchev–Trinajstić information content (AvgIpc) is 2.46. The Morgan fingerprint density at radius 3 is 2.60 bits per heavy atom. The Hall–Kier alpha value is -2.56. The molecule has 0 spiro atoms. The minimum absolute atomic E-state index is 0.0926. The highest BCUT2D eigenvalue weighted by atomic mass is 16.5. The van der Waals surface area contributed by atoms with Gasteiger partial charge < -0.3 is 15.7 Å². The van der Waals surface area contributed by atoms with Crippen molar-refractivity contribution >= 4 is 5.84 Å². The third kappa shape index (κ3) is 3.06.